The van der Waals surface area contributed by atoms with Gasteiger partial charge in [-0.1, -0.05) is 41.6 Å². The Morgan fingerprint density at radius 3 is 2.55 bits per heavy atom. The molecule has 0 bridgehead atoms. The van der Waals surface area contributed by atoms with E-state index in [9.17, 15) is 12.8 Å². The fraction of sp³-hybridized carbons (Fsp3) is 0.0870. The van der Waals surface area contributed by atoms with Crippen LogP contribution in [0.1, 0.15) is 5.56 Å². The predicted molar refractivity (Wildman–Crippen MR) is 118 cm³/mol. The normalized spacial score (nSPS) is 12.1. The van der Waals surface area contributed by atoms with Gasteiger partial charge in [0.05, 0.1) is 10.4 Å². The summed E-state index contributed by atoms with van der Waals surface area (Å²) < 4.78 is 46.5. The molecule has 5 aromatic rings. The Morgan fingerprint density at radius 1 is 1.06 bits per heavy atom. The van der Waals surface area contributed by atoms with Gasteiger partial charge in [0, 0.05) is 36.0 Å². The highest BCUT2D eigenvalue weighted by molar-refractivity contribution is 7.91. The van der Waals surface area contributed by atoms with E-state index in [1.807, 2.05) is 36.4 Å². The van der Waals surface area contributed by atoms with Crippen molar-refractivity contribution in [3.05, 3.63) is 78.2 Å². The Morgan fingerprint density at radius 2 is 1.84 bits per heavy atom. The first-order chi connectivity index (χ1) is 14.8. The molecule has 0 saturated heterocycles. The third-order valence-corrected chi connectivity index (χ3v) is 6.38. The molecule has 0 aliphatic carbocycles. The number of fused-ring (bicyclic) bond motifs is 2. The summed E-state index contributed by atoms with van der Waals surface area (Å²) in [7, 11) is -3.60. The highest BCUT2D eigenvalue weighted by Crippen LogP contribution is 2.36. The zero-order valence-electron chi connectivity index (χ0n) is 16.5. The van der Waals surface area contributed by atoms with E-state index in [-0.39, 0.29) is 21.9 Å². The standard InChI is InChI=1S/C23H18FN3O3S/c1-31(28,29)21-13-27(12-14-6-7-15-4-2-3-5-16(15)8-14)23-18(9-17(24)10-19(21)23)20-11-22(25)26-30-20/h2-11,13H,12H2,1H3,(H2,25,26). The van der Waals surface area contributed by atoms with Crippen molar-refractivity contribution in [1.29, 1.82) is 0 Å². The van der Waals surface area contributed by atoms with Crippen LogP contribution >= 0.6 is 0 Å². The summed E-state index contributed by atoms with van der Waals surface area (Å²) in [6.45, 7) is 0.388. The summed E-state index contributed by atoms with van der Waals surface area (Å²) in [4.78, 5) is 0.0523. The number of sulfone groups is 1. The van der Waals surface area contributed by atoms with E-state index < -0.39 is 15.7 Å². The molecule has 2 heterocycles. The van der Waals surface area contributed by atoms with Crippen LogP contribution in [0.25, 0.3) is 33.0 Å². The van der Waals surface area contributed by atoms with Crippen molar-refractivity contribution in [3.63, 3.8) is 0 Å². The van der Waals surface area contributed by atoms with Gasteiger partial charge in [-0.3, -0.25) is 0 Å². The highest BCUT2D eigenvalue weighted by Gasteiger charge is 2.22. The molecule has 156 valence electrons. The molecule has 0 unspecified atom stereocenters. The van der Waals surface area contributed by atoms with Crippen LogP contribution in [0.2, 0.25) is 0 Å². The summed E-state index contributed by atoms with van der Waals surface area (Å²) in [6, 6.07) is 18.1. The van der Waals surface area contributed by atoms with E-state index in [0.717, 1.165) is 22.6 Å². The van der Waals surface area contributed by atoms with Crippen LogP contribution < -0.4 is 5.73 Å². The molecular weight excluding hydrogens is 417 g/mol. The molecule has 0 saturated carbocycles. The third kappa shape index (κ3) is 3.44. The second kappa shape index (κ2) is 6.95. The van der Waals surface area contributed by atoms with Crippen LogP contribution in [0.15, 0.2) is 76.3 Å². The molecule has 0 fully saturated rings. The number of anilines is 1. The van der Waals surface area contributed by atoms with Crippen molar-refractivity contribution < 1.29 is 17.3 Å². The van der Waals surface area contributed by atoms with Crippen LogP contribution in [0, 0.1) is 5.82 Å². The molecule has 0 radical (unpaired) electrons. The van der Waals surface area contributed by atoms with Crippen LogP contribution in [0.5, 0.6) is 0 Å². The number of nitrogens with zero attached hydrogens (tertiary/aromatic N) is 2. The molecule has 2 aromatic heterocycles. The molecule has 0 aliphatic rings. The summed E-state index contributed by atoms with van der Waals surface area (Å²) in [5.74, 6) is -0.158. The Labute approximate surface area is 177 Å². The molecule has 31 heavy (non-hydrogen) atoms. The monoisotopic (exact) mass is 435 g/mol. The van der Waals surface area contributed by atoms with Gasteiger partial charge in [-0.15, -0.1) is 0 Å². The summed E-state index contributed by atoms with van der Waals surface area (Å²) >= 11 is 0. The fourth-order valence-electron chi connectivity index (χ4n) is 3.93. The van der Waals surface area contributed by atoms with Crippen molar-refractivity contribution >= 4 is 37.3 Å². The number of rotatable bonds is 4. The number of nitrogens with two attached hydrogens (primary N) is 1. The van der Waals surface area contributed by atoms with E-state index in [1.165, 1.54) is 24.4 Å². The molecule has 3 aromatic carbocycles. The average molecular weight is 435 g/mol. The van der Waals surface area contributed by atoms with Gasteiger partial charge in [0.25, 0.3) is 0 Å². The summed E-state index contributed by atoms with van der Waals surface area (Å²) in [5, 5.41) is 6.16. The fourth-order valence-corrected chi connectivity index (χ4v) is 4.80. The van der Waals surface area contributed by atoms with Gasteiger partial charge < -0.3 is 14.8 Å². The van der Waals surface area contributed by atoms with Crippen molar-refractivity contribution in [2.45, 2.75) is 11.4 Å². The van der Waals surface area contributed by atoms with Crippen molar-refractivity contribution in [2.24, 2.45) is 0 Å². The third-order valence-electron chi connectivity index (χ3n) is 5.26. The smallest absolute Gasteiger partial charge is 0.177 e. The zero-order valence-corrected chi connectivity index (χ0v) is 17.4. The molecule has 8 heteroatoms. The minimum Gasteiger partial charge on any atom is -0.381 e. The highest BCUT2D eigenvalue weighted by atomic mass is 32.2. The quantitative estimate of drug-likeness (QED) is 0.445. The lowest BCUT2D eigenvalue weighted by atomic mass is 10.1. The first kappa shape index (κ1) is 19.3. The summed E-state index contributed by atoms with van der Waals surface area (Å²) in [5.41, 5.74) is 7.58. The Balaban J connectivity index is 1.76. The lowest BCUT2D eigenvalue weighted by Crippen LogP contribution is -2.00. The number of aromatic nitrogens is 2. The maximum Gasteiger partial charge on any atom is 0.177 e. The van der Waals surface area contributed by atoms with Crippen LogP contribution in [0.4, 0.5) is 10.2 Å². The van der Waals surface area contributed by atoms with Crippen LogP contribution in [-0.4, -0.2) is 24.4 Å². The number of hydrogen-bond acceptors (Lipinski definition) is 5. The second-order valence-electron chi connectivity index (χ2n) is 7.54. The van der Waals surface area contributed by atoms with Crippen molar-refractivity contribution in [3.8, 4) is 11.3 Å². The van der Waals surface area contributed by atoms with E-state index in [0.29, 0.717) is 17.6 Å². The zero-order chi connectivity index (χ0) is 21.8. The molecule has 0 amide bonds. The molecule has 5 rings (SSSR count). The molecule has 0 aliphatic heterocycles. The van der Waals surface area contributed by atoms with E-state index in [2.05, 4.69) is 11.2 Å². The lowest BCUT2D eigenvalue weighted by molar-refractivity contribution is 0.435. The van der Waals surface area contributed by atoms with Gasteiger partial charge in [0.1, 0.15) is 5.82 Å². The van der Waals surface area contributed by atoms with Crippen molar-refractivity contribution in [2.75, 3.05) is 12.0 Å². The molecule has 0 spiro atoms. The van der Waals surface area contributed by atoms with E-state index in [4.69, 9.17) is 10.3 Å². The Hall–Kier alpha value is -3.65. The maximum atomic E-state index is 14.5. The topological polar surface area (TPSA) is 91.1 Å². The first-order valence-corrected chi connectivity index (χ1v) is 11.4. The Kier molecular flexibility index (Phi) is 4.33. The molecule has 0 atom stereocenters. The van der Waals surface area contributed by atoms with Crippen molar-refractivity contribution in [1.82, 2.24) is 9.72 Å². The minimum absolute atomic E-state index is 0.0523. The van der Waals surface area contributed by atoms with Gasteiger partial charge in [-0.25, -0.2) is 12.8 Å². The van der Waals surface area contributed by atoms with Gasteiger partial charge in [-0.05, 0) is 34.5 Å². The predicted octanol–water partition coefficient (Wildman–Crippen LogP) is 4.62. The SMILES string of the molecule is CS(=O)(=O)c1cn(Cc2ccc3ccccc3c2)c2c(-c3cc(N)no3)cc(F)cc12. The Bertz CT molecular complexity index is 1570. The molecule has 6 nitrogen and oxygen atoms in total. The van der Waals surface area contributed by atoms with Gasteiger partial charge in [0.15, 0.2) is 21.4 Å². The van der Waals surface area contributed by atoms with Gasteiger partial charge in [0.2, 0.25) is 0 Å². The van der Waals surface area contributed by atoms with Gasteiger partial charge >= 0.3 is 0 Å². The largest absolute Gasteiger partial charge is 0.381 e. The summed E-state index contributed by atoms with van der Waals surface area (Å²) in [6.07, 6.45) is 2.65. The van der Waals surface area contributed by atoms with Crippen LogP contribution in [-0.2, 0) is 16.4 Å². The minimum atomic E-state index is -3.60. The molecule has 2 N–H and O–H groups in total. The van der Waals surface area contributed by atoms with Gasteiger partial charge in [-0.2, -0.15) is 0 Å². The number of nitrogen functional groups attached to an aromatic ring is 1. The number of halogens is 1. The number of benzene rings is 3. The molecular formula is C23H18FN3O3S. The maximum absolute atomic E-state index is 14.5. The van der Waals surface area contributed by atoms with Crippen LogP contribution in [0.3, 0.4) is 0 Å². The average Bonchev–Trinajstić information content (AvgIpc) is 3.31. The second-order valence-corrected chi connectivity index (χ2v) is 9.52. The number of hydrogen-bond donors (Lipinski definition) is 1. The van der Waals surface area contributed by atoms with E-state index in [1.54, 1.807) is 4.57 Å². The first-order valence-electron chi connectivity index (χ1n) is 9.52. The van der Waals surface area contributed by atoms with E-state index >= 15 is 0 Å². The lowest BCUT2D eigenvalue weighted by Gasteiger charge is -2.10.